The molecule has 0 radical (unpaired) electrons. The summed E-state index contributed by atoms with van der Waals surface area (Å²) in [6, 6.07) is 60.8. The molecule has 302 valence electrons. The molecule has 2 aliphatic heterocycles. The number of aliphatic imine (C=N–C) groups is 4. The minimum atomic E-state index is -1.72. The number of rotatable bonds is 11. The summed E-state index contributed by atoms with van der Waals surface area (Å²) in [5, 5.41) is 3.33. The quantitative estimate of drug-likeness (QED) is 0.130. The van der Waals surface area contributed by atoms with Gasteiger partial charge in [-0.3, -0.25) is 0 Å². The molecule has 0 saturated heterocycles. The smallest absolute Gasteiger partial charge is 0.230 e. The van der Waals surface area contributed by atoms with Crippen molar-refractivity contribution in [3.8, 4) is 23.0 Å². The fraction of sp³-hybridized carbons (Fsp3) is 0.111. The van der Waals surface area contributed by atoms with E-state index in [2.05, 4.69) is 60.7 Å². The molecule has 0 N–H and O–H groups in total. The van der Waals surface area contributed by atoms with E-state index in [0.29, 0.717) is 57.0 Å². The predicted octanol–water partition coefficient (Wildman–Crippen LogP) is 11.0. The third-order valence-corrected chi connectivity index (χ3v) is 11.7. The summed E-state index contributed by atoms with van der Waals surface area (Å²) in [7, 11) is 6.68. The Morgan fingerprint density at radius 3 is 0.790 bits per heavy atom. The second kappa shape index (κ2) is 15.6. The van der Waals surface area contributed by atoms with Gasteiger partial charge in [-0.15, -0.1) is 0 Å². The van der Waals surface area contributed by atoms with E-state index in [1.165, 1.54) is 0 Å². The maximum Gasteiger partial charge on any atom is 0.230 e. The van der Waals surface area contributed by atoms with Gasteiger partial charge >= 0.3 is 0 Å². The Balaban J connectivity index is 1.50. The molecule has 0 aliphatic carbocycles. The number of hydrogen-bond donors (Lipinski definition) is 0. The van der Waals surface area contributed by atoms with Crippen LogP contribution in [0, 0.1) is 0 Å². The molecule has 0 unspecified atom stereocenters. The number of hydrogen-bond acceptors (Lipinski definition) is 8. The summed E-state index contributed by atoms with van der Waals surface area (Å²) >= 11 is 0. The molecule has 8 heteroatoms. The topological polar surface area (TPSA) is 86.4 Å². The van der Waals surface area contributed by atoms with Gasteiger partial charge in [0.05, 0.1) is 62.4 Å². The molecule has 2 aliphatic rings. The van der Waals surface area contributed by atoms with Crippen molar-refractivity contribution in [3.05, 3.63) is 215 Å². The maximum absolute atomic E-state index is 6.49. The Hall–Kier alpha value is -7.84. The van der Waals surface area contributed by atoms with Crippen molar-refractivity contribution < 1.29 is 18.9 Å². The third kappa shape index (κ3) is 5.97. The maximum atomic E-state index is 6.49. The van der Waals surface area contributed by atoms with Gasteiger partial charge in [-0.05, 0) is 10.8 Å². The van der Waals surface area contributed by atoms with Gasteiger partial charge in [0.25, 0.3) is 0 Å². The van der Waals surface area contributed by atoms with Crippen molar-refractivity contribution in [2.24, 2.45) is 20.0 Å². The molecule has 0 spiro atoms. The van der Waals surface area contributed by atoms with Crippen LogP contribution in [0.4, 0.5) is 0 Å². The molecule has 0 atom stereocenters. The molecule has 62 heavy (non-hydrogen) atoms. The minimum Gasteiger partial charge on any atom is -0.496 e. The van der Waals surface area contributed by atoms with E-state index in [-0.39, 0.29) is 0 Å². The van der Waals surface area contributed by atoms with Crippen molar-refractivity contribution in [1.82, 2.24) is 0 Å². The number of methoxy groups -OCH3 is 4. The van der Waals surface area contributed by atoms with E-state index in [9.17, 15) is 0 Å². The molecular formula is C54H42N4O4. The van der Waals surface area contributed by atoms with E-state index < -0.39 is 11.3 Å². The van der Waals surface area contributed by atoms with Crippen molar-refractivity contribution in [3.63, 3.8) is 0 Å². The van der Waals surface area contributed by atoms with Gasteiger partial charge < -0.3 is 18.9 Å². The van der Waals surface area contributed by atoms with Crippen LogP contribution in [-0.4, -0.2) is 51.3 Å². The summed E-state index contributed by atoms with van der Waals surface area (Å²) in [6.07, 6.45) is 0. The number of fused-ring (bicyclic) bond motifs is 2. The number of benzene rings is 8. The van der Waals surface area contributed by atoms with Crippen LogP contribution < -0.4 is 18.9 Å². The summed E-state index contributed by atoms with van der Waals surface area (Å²) in [5.74, 6) is 2.30. The fourth-order valence-corrected chi connectivity index (χ4v) is 9.00. The highest BCUT2D eigenvalue weighted by Gasteiger charge is 2.63. The van der Waals surface area contributed by atoms with Crippen LogP contribution in [0.2, 0.25) is 0 Å². The second-order valence-corrected chi connectivity index (χ2v) is 15.1. The summed E-state index contributed by atoms with van der Waals surface area (Å²) in [5.41, 5.74) is 4.11. The van der Waals surface area contributed by atoms with Crippen LogP contribution in [-0.2, 0) is 11.3 Å². The van der Waals surface area contributed by atoms with Gasteiger partial charge in [0.15, 0.2) is 0 Å². The monoisotopic (exact) mass is 810 g/mol. The molecule has 8 aromatic carbocycles. The molecule has 0 saturated carbocycles. The largest absolute Gasteiger partial charge is 0.496 e. The Bertz CT molecular complexity index is 2790. The van der Waals surface area contributed by atoms with E-state index >= 15 is 0 Å². The van der Waals surface area contributed by atoms with Gasteiger partial charge in [-0.2, -0.15) is 0 Å². The molecule has 2 heterocycles. The van der Waals surface area contributed by atoms with Crippen LogP contribution in [0.3, 0.4) is 0 Å². The highest BCUT2D eigenvalue weighted by atomic mass is 16.5. The molecule has 8 aromatic rings. The molecule has 0 amide bonds. The summed E-state index contributed by atoms with van der Waals surface area (Å²) < 4.78 is 25.1. The van der Waals surface area contributed by atoms with Crippen molar-refractivity contribution in [2.45, 2.75) is 11.3 Å². The zero-order valence-corrected chi connectivity index (χ0v) is 34.7. The Kier molecular flexibility index (Phi) is 9.68. The van der Waals surface area contributed by atoms with Gasteiger partial charge in [0.2, 0.25) is 11.3 Å². The van der Waals surface area contributed by atoms with Gasteiger partial charge in [0.1, 0.15) is 23.0 Å². The number of ether oxygens (including phenoxy) is 4. The highest BCUT2D eigenvalue weighted by molar-refractivity contribution is 6.56. The molecule has 0 bridgehead atoms. The Morgan fingerprint density at radius 1 is 0.290 bits per heavy atom. The van der Waals surface area contributed by atoms with Crippen LogP contribution in [0.1, 0.15) is 33.4 Å². The van der Waals surface area contributed by atoms with E-state index in [1.807, 2.05) is 121 Å². The molecule has 0 aromatic heterocycles. The third-order valence-electron chi connectivity index (χ3n) is 11.7. The second-order valence-electron chi connectivity index (χ2n) is 15.1. The predicted molar refractivity (Wildman–Crippen MR) is 249 cm³/mol. The Morgan fingerprint density at radius 2 is 0.532 bits per heavy atom. The average molecular weight is 811 g/mol. The fourth-order valence-electron chi connectivity index (χ4n) is 9.00. The van der Waals surface area contributed by atoms with Gasteiger partial charge in [-0.1, -0.05) is 170 Å². The average Bonchev–Trinajstić information content (AvgIpc) is 3.96. The van der Waals surface area contributed by atoms with E-state index in [4.69, 9.17) is 38.9 Å². The lowest BCUT2D eigenvalue weighted by atomic mass is 9.77. The minimum absolute atomic E-state index is 0.505. The first-order chi connectivity index (χ1) is 30.5. The molecule has 10 rings (SSSR count). The highest BCUT2D eigenvalue weighted by Crippen LogP contribution is 2.61. The van der Waals surface area contributed by atoms with Crippen LogP contribution in [0.15, 0.2) is 202 Å². The van der Waals surface area contributed by atoms with Crippen molar-refractivity contribution >= 4 is 44.4 Å². The SMILES string of the molecule is COc1cc(OC)c2ccccc2c1C1(C2(c3c(OC)cc(OC)c4ccccc34)N=C(c3ccccc3)C(c3ccccc3)=N2)N=C(c2ccccc2)C(c2ccccc2)=N1. The molecule has 8 nitrogen and oxygen atoms in total. The van der Waals surface area contributed by atoms with Crippen LogP contribution in [0.25, 0.3) is 21.5 Å². The van der Waals surface area contributed by atoms with Crippen LogP contribution in [0.5, 0.6) is 23.0 Å². The number of nitrogens with zero attached hydrogens (tertiary/aromatic N) is 4. The van der Waals surface area contributed by atoms with Gasteiger partial charge in [0, 0.05) is 45.2 Å². The van der Waals surface area contributed by atoms with Gasteiger partial charge in [-0.25, -0.2) is 20.0 Å². The molecular weight excluding hydrogens is 769 g/mol. The summed E-state index contributed by atoms with van der Waals surface area (Å²) in [6.45, 7) is 0. The first-order valence-corrected chi connectivity index (χ1v) is 20.4. The van der Waals surface area contributed by atoms with Crippen molar-refractivity contribution in [1.29, 1.82) is 0 Å². The zero-order valence-electron chi connectivity index (χ0n) is 34.7. The van der Waals surface area contributed by atoms with E-state index in [0.717, 1.165) is 43.8 Å². The normalized spacial score (nSPS) is 15.1. The first-order valence-electron chi connectivity index (χ1n) is 20.4. The molecule has 0 fully saturated rings. The lowest BCUT2D eigenvalue weighted by Gasteiger charge is -2.40. The first kappa shape index (κ1) is 38.4. The lowest BCUT2D eigenvalue weighted by Crippen LogP contribution is -2.44. The zero-order chi connectivity index (χ0) is 42.3. The Labute approximate surface area is 360 Å². The summed E-state index contributed by atoms with van der Waals surface area (Å²) in [4.78, 5) is 24.1. The van der Waals surface area contributed by atoms with Crippen LogP contribution >= 0.6 is 0 Å². The van der Waals surface area contributed by atoms with Crippen molar-refractivity contribution in [2.75, 3.05) is 28.4 Å². The van der Waals surface area contributed by atoms with E-state index in [1.54, 1.807) is 28.4 Å². The standard InChI is InChI=1S/C54H42N4O4/c1-59-43-33-45(61-3)47(41-31-19-17-29-39(41)43)53(55-49(35-21-9-5-10-22-35)50(56-53)36-23-11-6-12-24-36)54(48-42-32-20-18-30-40(42)44(60-2)34-46(48)62-4)57-51(37-25-13-7-14-26-37)52(58-54)38-27-15-8-16-28-38/h5-34H,1-4H3. The lowest BCUT2D eigenvalue weighted by molar-refractivity contribution is 0.243.